The number of epoxide rings is 1. The fourth-order valence-electron chi connectivity index (χ4n) is 3.75. The van der Waals surface area contributed by atoms with Crippen molar-refractivity contribution in [1.29, 1.82) is 0 Å². The van der Waals surface area contributed by atoms with Gasteiger partial charge in [-0.15, -0.1) is 0 Å². The van der Waals surface area contributed by atoms with Gasteiger partial charge in [0, 0.05) is 6.61 Å². The van der Waals surface area contributed by atoms with E-state index in [1.54, 1.807) is 0 Å². The van der Waals surface area contributed by atoms with E-state index in [0.717, 1.165) is 18.4 Å². The fraction of sp³-hybridized carbons (Fsp3) is 0.737. The summed E-state index contributed by atoms with van der Waals surface area (Å²) in [6, 6.07) is 0. The molecule has 0 aromatic carbocycles. The van der Waals surface area contributed by atoms with Crippen LogP contribution in [0.25, 0.3) is 0 Å². The highest BCUT2D eigenvalue weighted by molar-refractivity contribution is 5.93. The van der Waals surface area contributed by atoms with E-state index in [-0.39, 0.29) is 17.3 Å². The van der Waals surface area contributed by atoms with Crippen LogP contribution in [0.1, 0.15) is 47.0 Å². The number of carbonyl (C=O) groups excluding carboxylic acids is 1. The Kier molecular flexibility index (Phi) is 4.39. The molecule has 1 aliphatic carbocycles. The average Bonchev–Trinajstić information content (AvgIpc) is 3.11. The molecule has 0 aromatic rings. The molecule has 2 saturated heterocycles. The zero-order valence-electron chi connectivity index (χ0n) is 15.0. The first-order chi connectivity index (χ1) is 11.2. The van der Waals surface area contributed by atoms with Gasteiger partial charge >= 0.3 is 5.97 Å². The van der Waals surface area contributed by atoms with Crippen molar-refractivity contribution in [1.82, 2.24) is 0 Å². The highest BCUT2D eigenvalue weighted by atomic mass is 16.7. The molecule has 2 aliphatic heterocycles. The summed E-state index contributed by atoms with van der Waals surface area (Å²) in [5.41, 5.74) is -0.723. The van der Waals surface area contributed by atoms with Gasteiger partial charge in [-0.25, -0.2) is 4.79 Å². The summed E-state index contributed by atoms with van der Waals surface area (Å²) in [5, 5.41) is 11.5. The molecular weight excluding hydrogens is 308 g/mol. The number of carbonyl (C=O) groups is 1. The highest BCUT2D eigenvalue weighted by Crippen LogP contribution is 2.51. The maximum atomic E-state index is 12.2. The molecule has 3 aliphatic rings. The first kappa shape index (κ1) is 17.6. The van der Waals surface area contributed by atoms with E-state index in [4.69, 9.17) is 14.2 Å². The van der Waals surface area contributed by atoms with E-state index >= 15 is 0 Å². The van der Waals surface area contributed by atoms with Crippen LogP contribution in [0.4, 0.5) is 0 Å². The van der Waals surface area contributed by atoms with Gasteiger partial charge in [0.1, 0.15) is 6.10 Å². The standard InChI is InChI=1S/C19H28O5/c1-11(2)10-22-14-9-12(3)7-6-8-18(5)15(24-18)16-19(14,21)13(4)17(20)23-16/h7,11,14-16,21H,4,6,8-10H2,1-3,5H3/b12-7-/t14?,15-,16-,18+,19+/m1/s1. The summed E-state index contributed by atoms with van der Waals surface area (Å²) in [6.45, 7) is 12.4. The van der Waals surface area contributed by atoms with Crippen LogP contribution < -0.4 is 0 Å². The Morgan fingerprint density at radius 1 is 1.46 bits per heavy atom. The van der Waals surface area contributed by atoms with Gasteiger partial charge in [-0.3, -0.25) is 0 Å². The van der Waals surface area contributed by atoms with E-state index in [1.807, 2.05) is 13.8 Å². The minimum absolute atomic E-state index is 0.0764. The van der Waals surface area contributed by atoms with Crippen LogP contribution >= 0.6 is 0 Å². The lowest BCUT2D eigenvalue weighted by atomic mass is 9.78. The van der Waals surface area contributed by atoms with Crippen molar-refractivity contribution in [3.8, 4) is 0 Å². The quantitative estimate of drug-likeness (QED) is 0.371. The average molecular weight is 336 g/mol. The molecule has 0 spiro atoms. The summed E-state index contributed by atoms with van der Waals surface area (Å²) in [4.78, 5) is 12.2. The number of hydrogen-bond donors (Lipinski definition) is 1. The topological polar surface area (TPSA) is 68.3 Å². The molecule has 0 aromatic heterocycles. The number of aliphatic hydroxyl groups is 1. The summed E-state index contributed by atoms with van der Waals surface area (Å²) < 4.78 is 17.4. The molecule has 0 radical (unpaired) electrons. The molecule has 5 atom stereocenters. The Morgan fingerprint density at radius 2 is 2.17 bits per heavy atom. The van der Waals surface area contributed by atoms with Gasteiger partial charge in [-0.2, -0.15) is 0 Å². The van der Waals surface area contributed by atoms with Gasteiger partial charge in [0.2, 0.25) is 0 Å². The molecule has 3 rings (SSSR count). The zero-order valence-corrected chi connectivity index (χ0v) is 15.0. The normalized spacial score (nSPS) is 44.4. The number of allylic oxidation sites excluding steroid dienone is 1. The zero-order chi connectivity index (χ0) is 17.7. The van der Waals surface area contributed by atoms with Crippen LogP contribution in [0.15, 0.2) is 23.8 Å². The molecule has 0 bridgehead atoms. The number of fused-ring (bicyclic) bond motifs is 3. The minimum Gasteiger partial charge on any atom is -0.452 e. The highest BCUT2D eigenvalue weighted by Gasteiger charge is 2.69. The Hall–Kier alpha value is -1.17. The van der Waals surface area contributed by atoms with Gasteiger partial charge in [-0.1, -0.05) is 32.1 Å². The lowest BCUT2D eigenvalue weighted by Gasteiger charge is -2.36. The molecule has 2 fully saturated rings. The largest absolute Gasteiger partial charge is 0.452 e. The molecule has 5 nitrogen and oxygen atoms in total. The van der Waals surface area contributed by atoms with E-state index in [1.165, 1.54) is 0 Å². The first-order valence-electron chi connectivity index (χ1n) is 8.76. The van der Waals surface area contributed by atoms with Crippen molar-refractivity contribution in [2.75, 3.05) is 6.61 Å². The summed E-state index contributed by atoms with van der Waals surface area (Å²) in [7, 11) is 0. The Labute approximate surface area is 143 Å². The van der Waals surface area contributed by atoms with Crippen molar-refractivity contribution in [3.05, 3.63) is 23.8 Å². The van der Waals surface area contributed by atoms with E-state index in [9.17, 15) is 9.90 Å². The van der Waals surface area contributed by atoms with Crippen molar-refractivity contribution in [2.45, 2.75) is 76.5 Å². The third kappa shape index (κ3) is 2.83. The molecular formula is C19H28O5. The van der Waals surface area contributed by atoms with Crippen molar-refractivity contribution in [2.24, 2.45) is 5.92 Å². The first-order valence-corrected chi connectivity index (χ1v) is 8.76. The van der Waals surface area contributed by atoms with Crippen LogP contribution in [0.5, 0.6) is 0 Å². The third-order valence-corrected chi connectivity index (χ3v) is 5.38. The molecule has 5 heteroatoms. The molecule has 1 N–H and O–H groups in total. The molecule has 24 heavy (non-hydrogen) atoms. The Balaban J connectivity index is 1.98. The Morgan fingerprint density at radius 3 is 2.83 bits per heavy atom. The number of rotatable bonds is 3. The van der Waals surface area contributed by atoms with Crippen LogP contribution in [-0.2, 0) is 19.0 Å². The van der Waals surface area contributed by atoms with E-state index in [2.05, 4.69) is 26.5 Å². The summed E-state index contributed by atoms with van der Waals surface area (Å²) in [5.74, 6) is -0.236. The smallest absolute Gasteiger partial charge is 0.337 e. The SMILES string of the molecule is C=C1C(=O)O[C@@H]2[C@H]3O[C@@]3(C)CC/C=C(/C)CC(OCC(C)C)[C@@]12O. The van der Waals surface area contributed by atoms with Gasteiger partial charge in [0.05, 0.1) is 17.3 Å². The van der Waals surface area contributed by atoms with Gasteiger partial charge in [-0.05, 0) is 39.0 Å². The number of ether oxygens (including phenoxy) is 3. The summed E-state index contributed by atoms with van der Waals surface area (Å²) in [6.07, 6.45) is 2.79. The van der Waals surface area contributed by atoms with Crippen LogP contribution in [-0.4, -0.2) is 47.2 Å². The molecule has 134 valence electrons. The Bertz CT molecular complexity index is 580. The maximum absolute atomic E-state index is 12.2. The van der Waals surface area contributed by atoms with Crippen molar-refractivity contribution >= 4 is 5.97 Å². The maximum Gasteiger partial charge on any atom is 0.337 e. The van der Waals surface area contributed by atoms with Gasteiger partial charge < -0.3 is 19.3 Å². The minimum atomic E-state index is -1.55. The third-order valence-electron chi connectivity index (χ3n) is 5.38. The van der Waals surface area contributed by atoms with Crippen LogP contribution in [0.2, 0.25) is 0 Å². The fourth-order valence-corrected chi connectivity index (χ4v) is 3.75. The van der Waals surface area contributed by atoms with E-state index < -0.39 is 23.8 Å². The van der Waals surface area contributed by atoms with Crippen molar-refractivity contribution in [3.63, 3.8) is 0 Å². The second kappa shape index (κ2) is 5.97. The number of esters is 1. The predicted octanol–water partition coefficient (Wildman–Crippen LogP) is 2.53. The van der Waals surface area contributed by atoms with Gasteiger partial charge in [0.15, 0.2) is 11.7 Å². The second-order valence-corrected chi connectivity index (χ2v) is 7.99. The van der Waals surface area contributed by atoms with Crippen LogP contribution in [0.3, 0.4) is 0 Å². The predicted molar refractivity (Wildman–Crippen MR) is 89.4 cm³/mol. The van der Waals surface area contributed by atoms with Crippen LogP contribution in [0, 0.1) is 5.92 Å². The molecule has 2 heterocycles. The molecule has 0 amide bonds. The van der Waals surface area contributed by atoms with Crippen molar-refractivity contribution < 1.29 is 24.1 Å². The monoisotopic (exact) mass is 336 g/mol. The second-order valence-electron chi connectivity index (χ2n) is 7.99. The number of hydrogen-bond acceptors (Lipinski definition) is 5. The molecule has 1 unspecified atom stereocenters. The lowest BCUT2D eigenvalue weighted by molar-refractivity contribution is -0.152. The van der Waals surface area contributed by atoms with Gasteiger partial charge in [0.25, 0.3) is 0 Å². The molecule has 0 saturated carbocycles. The van der Waals surface area contributed by atoms with E-state index in [0.29, 0.717) is 18.9 Å². The lowest BCUT2D eigenvalue weighted by Crippen LogP contribution is -2.54. The summed E-state index contributed by atoms with van der Waals surface area (Å²) >= 11 is 0.